The fourth-order valence-electron chi connectivity index (χ4n) is 0.637. The molecule has 74 valence electrons. The van der Waals surface area contributed by atoms with Gasteiger partial charge in [0.1, 0.15) is 0 Å². The summed E-state index contributed by atoms with van der Waals surface area (Å²) in [7, 11) is 0. The van der Waals surface area contributed by atoms with Crippen molar-refractivity contribution in [3.63, 3.8) is 0 Å². The molecule has 0 aromatic rings. The maximum atomic E-state index is 10.8. The van der Waals surface area contributed by atoms with E-state index >= 15 is 0 Å². The van der Waals surface area contributed by atoms with Crippen LogP contribution in [0, 0.1) is 0 Å². The molecule has 0 fully saturated rings. The Balaban J connectivity index is 3.47. The van der Waals surface area contributed by atoms with E-state index in [-0.39, 0.29) is 6.42 Å². The molecule has 0 saturated heterocycles. The van der Waals surface area contributed by atoms with Gasteiger partial charge in [-0.05, 0) is 12.8 Å². The molecule has 0 aliphatic heterocycles. The third-order valence-electron chi connectivity index (χ3n) is 1.23. The molecule has 0 aromatic heterocycles. The Bertz CT molecular complexity index is 196. The number of hydrogen-bond donors (Lipinski definition) is 1. The van der Waals surface area contributed by atoms with Crippen LogP contribution < -0.4 is 0 Å². The average Bonchev–Trinajstić information content (AvgIpc) is 2.08. The van der Waals surface area contributed by atoms with Crippen LogP contribution in [0.3, 0.4) is 0 Å². The second-order valence-electron chi connectivity index (χ2n) is 2.50. The van der Waals surface area contributed by atoms with E-state index in [9.17, 15) is 9.59 Å². The highest BCUT2D eigenvalue weighted by Crippen LogP contribution is 1.92. The Kier molecular flexibility index (Phi) is 6.59. The zero-order valence-electron chi connectivity index (χ0n) is 7.66. The topological polar surface area (TPSA) is 63.6 Å². The summed E-state index contributed by atoms with van der Waals surface area (Å²) in [4.78, 5) is 20.9. The van der Waals surface area contributed by atoms with Crippen molar-refractivity contribution in [2.75, 3.05) is 6.61 Å². The summed E-state index contributed by atoms with van der Waals surface area (Å²) in [6.07, 6.45) is 3.95. The van der Waals surface area contributed by atoms with E-state index in [2.05, 4.69) is 0 Å². The van der Waals surface area contributed by atoms with Crippen molar-refractivity contribution in [3.8, 4) is 0 Å². The average molecular weight is 186 g/mol. The van der Waals surface area contributed by atoms with Crippen LogP contribution in [0.1, 0.15) is 26.2 Å². The summed E-state index contributed by atoms with van der Waals surface area (Å²) in [6, 6.07) is 0. The molecule has 0 saturated carbocycles. The molecule has 0 radical (unpaired) electrons. The van der Waals surface area contributed by atoms with Crippen LogP contribution in [0.5, 0.6) is 0 Å². The Morgan fingerprint density at radius 2 is 2.15 bits per heavy atom. The number of carbonyl (C=O) groups is 2. The number of allylic oxidation sites excluding steroid dienone is 1. The van der Waals surface area contributed by atoms with Crippen LogP contribution >= 0.6 is 0 Å². The minimum Gasteiger partial charge on any atom is -0.481 e. The van der Waals surface area contributed by atoms with Crippen molar-refractivity contribution < 1.29 is 19.4 Å². The van der Waals surface area contributed by atoms with Gasteiger partial charge in [0.2, 0.25) is 0 Å². The molecule has 0 aromatic carbocycles. The summed E-state index contributed by atoms with van der Waals surface area (Å²) >= 11 is 0. The van der Waals surface area contributed by atoms with Gasteiger partial charge < -0.3 is 9.84 Å². The van der Waals surface area contributed by atoms with E-state index < -0.39 is 11.9 Å². The lowest BCUT2D eigenvalue weighted by molar-refractivity contribution is -0.138. The number of carboxylic acids is 1. The van der Waals surface area contributed by atoms with Crippen molar-refractivity contribution in [2.24, 2.45) is 0 Å². The number of esters is 1. The molecule has 0 bridgehead atoms. The van der Waals surface area contributed by atoms with Gasteiger partial charge in [-0.25, -0.2) is 4.79 Å². The molecule has 0 aliphatic carbocycles. The molecular weight excluding hydrogens is 172 g/mol. The Labute approximate surface area is 77.2 Å². The quantitative estimate of drug-likeness (QED) is 0.502. The first-order valence-corrected chi connectivity index (χ1v) is 4.22. The van der Waals surface area contributed by atoms with Gasteiger partial charge in [-0.1, -0.05) is 13.0 Å². The SMILES string of the molecule is CCCOC(=O)/C=C/CCC(=O)O. The van der Waals surface area contributed by atoms with E-state index in [4.69, 9.17) is 9.84 Å². The van der Waals surface area contributed by atoms with Crippen LogP contribution in [-0.2, 0) is 14.3 Å². The molecule has 0 heterocycles. The molecular formula is C9H14O4. The van der Waals surface area contributed by atoms with Crippen molar-refractivity contribution in [1.82, 2.24) is 0 Å². The third-order valence-corrected chi connectivity index (χ3v) is 1.23. The number of rotatable bonds is 6. The van der Waals surface area contributed by atoms with Crippen LogP contribution in [0.25, 0.3) is 0 Å². The number of ether oxygens (including phenoxy) is 1. The highest BCUT2D eigenvalue weighted by Gasteiger charge is 1.95. The van der Waals surface area contributed by atoms with Crippen molar-refractivity contribution in [3.05, 3.63) is 12.2 Å². The highest BCUT2D eigenvalue weighted by molar-refractivity contribution is 5.81. The number of hydrogen-bond acceptors (Lipinski definition) is 3. The first-order valence-electron chi connectivity index (χ1n) is 4.22. The summed E-state index contributed by atoms with van der Waals surface area (Å²) < 4.78 is 4.73. The number of carboxylic acid groups (broad SMARTS) is 1. The zero-order valence-corrected chi connectivity index (χ0v) is 7.66. The lowest BCUT2D eigenvalue weighted by atomic mass is 10.3. The van der Waals surface area contributed by atoms with Gasteiger partial charge in [0.05, 0.1) is 6.61 Å². The second kappa shape index (κ2) is 7.34. The first-order chi connectivity index (χ1) is 6.16. The van der Waals surface area contributed by atoms with Gasteiger partial charge in [0.25, 0.3) is 0 Å². The summed E-state index contributed by atoms with van der Waals surface area (Å²) in [5.41, 5.74) is 0. The van der Waals surface area contributed by atoms with Crippen LogP contribution in [-0.4, -0.2) is 23.7 Å². The number of aliphatic carboxylic acids is 1. The standard InChI is InChI=1S/C9H14O4/c1-2-7-13-9(12)6-4-3-5-8(10)11/h4,6H,2-3,5,7H2,1H3,(H,10,11)/b6-4+. The highest BCUT2D eigenvalue weighted by atomic mass is 16.5. The number of carbonyl (C=O) groups excluding carboxylic acids is 1. The first kappa shape index (κ1) is 11.7. The van der Waals surface area contributed by atoms with E-state index in [0.717, 1.165) is 6.42 Å². The molecule has 0 spiro atoms. The van der Waals surface area contributed by atoms with E-state index in [1.165, 1.54) is 12.2 Å². The molecule has 4 heteroatoms. The predicted molar refractivity (Wildman–Crippen MR) is 47.3 cm³/mol. The second-order valence-corrected chi connectivity index (χ2v) is 2.50. The molecule has 0 unspecified atom stereocenters. The van der Waals surface area contributed by atoms with Crippen LogP contribution in [0.15, 0.2) is 12.2 Å². The fourth-order valence-corrected chi connectivity index (χ4v) is 0.637. The predicted octanol–water partition coefficient (Wildman–Crippen LogP) is 1.36. The molecule has 1 N–H and O–H groups in total. The zero-order chi connectivity index (χ0) is 10.1. The Hall–Kier alpha value is -1.32. The summed E-state index contributed by atoms with van der Waals surface area (Å²) in [6.45, 7) is 2.31. The van der Waals surface area contributed by atoms with E-state index in [1.54, 1.807) is 0 Å². The molecule has 0 atom stereocenters. The molecule has 0 amide bonds. The van der Waals surface area contributed by atoms with Gasteiger partial charge >= 0.3 is 11.9 Å². The normalized spacial score (nSPS) is 10.2. The maximum absolute atomic E-state index is 10.8. The largest absolute Gasteiger partial charge is 0.481 e. The Morgan fingerprint density at radius 1 is 1.46 bits per heavy atom. The van der Waals surface area contributed by atoms with Gasteiger partial charge in [0, 0.05) is 12.5 Å². The lowest BCUT2D eigenvalue weighted by Gasteiger charge is -1.96. The van der Waals surface area contributed by atoms with E-state index in [1.807, 2.05) is 6.92 Å². The molecule has 4 nitrogen and oxygen atoms in total. The van der Waals surface area contributed by atoms with E-state index in [0.29, 0.717) is 13.0 Å². The summed E-state index contributed by atoms with van der Waals surface area (Å²) in [5, 5.41) is 8.27. The van der Waals surface area contributed by atoms with Crippen molar-refractivity contribution in [1.29, 1.82) is 0 Å². The smallest absolute Gasteiger partial charge is 0.330 e. The summed E-state index contributed by atoms with van der Waals surface area (Å²) in [5.74, 6) is -1.28. The van der Waals surface area contributed by atoms with Crippen molar-refractivity contribution >= 4 is 11.9 Å². The van der Waals surface area contributed by atoms with Gasteiger partial charge in [-0.2, -0.15) is 0 Å². The van der Waals surface area contributed by atoms with Gasteiger partial charge in [-0.3, -0.25) is 4.79 Å². The minimum atomic E-state index is -0.869. The molecule has 13 heavy (non-hydrogen) atoms. The Morgan fingerprint density at radius 3 is 2.69 bits per heavy atom. The third kappa shape index (κ3) is 8.59. The van der Waals surface area contributed by atoms with Gasteiger partial charge in [-0.15, -0.1) is 0 Å². The van der Waals surface area contributed by atoms with Crippen molar-refractivity contribution in [2.45, 2.75) is 26.2 Å². The maximum Gasteiger partial charge on any atom is 0.330 e. The van der Waals surface area contributed by atoms with Crippen LogP contribution in [0.2, 0.25) is 0 Å². The lowest BCUT2D eigenvalue weighted by Crippen LogP contribution is -2.01. The van der Waals surface area contributed by atoms with Crippen LogP contribution in [0.4, 0.5) is 0 Å². The minimum absolute atomic E-state index is 0.0392. The fraction of sp³-hybridized carbons (Fsp3) is 0.556. The molecule has 0 aliphatic rings. The van der Waals surface area contributed by atoms with Gasteiger partial charge in [0.15, 0.2) is 0 Å². The monoisotopic (exact) mass is 186 g/mol. The molecule has 0 rings (SSSR count).